The Hall–Kier alpha value is -1.58. The van der Waals surface area contributed by atoms with E-state index in [0.29, 0.717) is 10.8 Å². The molecule has 18 heavy (non-hydrogen) atoms. The van der Waals surface area contributed by atoms with Crippen molar-refractivity contribution in [1.29, 1.82) is 0 Å². The second-order valence-corrected chi connectivity index (χ2v) is 4.58. The predicted molar refractivity (Wildman–Crippen MR) is 72.7 cm³/mol. The van der Waals surface area contributed by atoms with Crippen LogP contribution in [0.4, 0.5) is 0 Å². The molecule has 2 rings (SSSR count). The van der Waals surface area contributed by atoms with Gasteiger partial charge in [0.25, 0.3) is 0 Å². The lowest BCUT2D eigenvalue weighted by Crippen LogP contribution is -2.29. The molecule has 0 bridgehead atoms. The molecular formula is C14H15ClN2O. The summed E-state index contributed by atoms with van der Waals surface area (Å²) in [5, 5.41) is 0.545. The van der Waals surface area contributed by atoms with Crippen LogP contribution in [0.15, 0.2) is 48.8 Å². The van der Waals surface area contributed by atoms with E-state index in [0.717, 1.165) is 5.56 Å². The van der Waals surface area contributed by atoms with Crippen molar-refractivity contribution in [3.63, 3.8) is 0 Å². The largest absolute Gasteiger partial charge is 0.482 e. The lowest BCUT2D eigenvalue weighted by molar-refractivity contribution is 0.180. The van der Waals surface area contributed by atoms with Crippen LogP contribution in [0.25, 0.3) is 0 Å². The first kappa shape index (κ1) is 12.9. The maximum absolute atomic E-state index is 5.98. The van der Waals surface area contributed by atoms with Gasteiger partial charge in [0.2, 0.25) is 0 Å². The summed E-state index contributed by atoms with van der Waals surface area (Å²) in [5.74, 6) is 0.619. The van der Waals surface area contributed by atoms with Crippen LogP contribution in [0, 0.1) is 0 Å². The van der Waals surface area contributed by atoms with Gasteiger partial charge in [0.05, 0.1) is 11.2 Å². The molecule has 2 atom stereocenters. The zero-order valence-corrected chi connectivity index (χ0v) is 10.8. The maximum atomic E-state index is 5.98. The molecule has 2 aromatic rings. The van der Waals surface area contributed by atoms with Gasteiger partial charge in [-0.2, -0.15) is 0 Å². The molecule has 0 saturated carbocycles. The Labute approximate surface area is 112 Å². The summed E-state index contributed by atoms with van der Waals surface area (Å²) in [5.41, 5.74) is 7.01. The Bertz CT molecular complexity index is 502. The van der Waals surface area contributed by atoms with Crippen molar-refractivity contribution < 1.29 is 4.74 Å². The van der Waals surface area contributed by atoms with Gasteiger partial charge in [-0.15, -0.1) is 0 Å². The molecule has 1 aromatic heterocycles. The first-order chi connectivity index (χ1) is 8.66. The molecule has 0 aliphatic carbocycles. The van der Waals surface area contributed by atoms with Crippen LogP contribution in [-0.2, 0) is 0 Å². The highest BCUT2D eigenvalue weighted by Gasteiger charge is 2.18. The molecule has 1 heterocycles. The number of rotatable bonds is 4. The van der Waals surface area contributed by atoms with E-state index in [9.17, 15) is 0 Å². The van der Waals surface area contributed by atoms with Crippen molar-refractivity contribution in [2.45, 2.75) is 19.1 Å². The average molecular weight is 263 g/mol. The number of nitrogens with two attached hydrogens (primary N) is 1. The Kier molecular flexibility index (Phi) is 4.18. The van der Waals surface area contributed by atoms with Gasteiger partial charge in [0.15, 0.2) is 0 Å². The third kappa shape index (κ3) is 3.22. The zero-order chi connectivity index (χ0) is 13.0. The lowest BCUT2D eigenvalue weighted by atomic mass is 10.0. The van der Waals surface area contributed by atoms with Crippen LogP contribution >= 0.6 is 11.6 Å². The quantitative estimate of drug-likeness (QED) is 0.920. The standard InChI is InChI=1S/C14H15ClN2O/c1-10(16)14(11-5-3-2-4-6-11)18-13-7-12(15)8-17-9-13/h2-10,14H,16H2,1H3. The number of aromatic nitrogens is 1. The average Bonchev–Trinajstić information content (AvgIpc) is 2.37. The van der Waals surface area contributed by atoms with Crippen LogP contribution in [-0.4, -0.2) is 11.0 Å². The molecule has 0 spiro atoms. The van der Waals surface area contributed by atoms with Crippen molar-refractivity contribution in [2.75, 3.05) is 0 Å². The van der Waals surface area contributed by atoms with Crippen LogP contribution in [0.1, 0.15) is 18.6 Å². The Balaban J connectivity index is 2.22. The van der Waals surface area contributed by atoms with E-state index in [-0.39, 0.29) is 12.1 Å². The Morgan fingerprint density at radius 1 is 1.22 bits per heavy atom. The minimum absolute atomic E-state index is 0.133. The second kappa shape index (κ2) is 5.85. The number of nitrogens with zero attached hydrogens (tertiary/aromatic N) is 1. The number of hydrogen-bond donors (Lipinski definition) is 1. The third-order valence-corrected chi connectivity index (χ3v) is 2.76. The molecule has 0 radical (unpaired) electrons. The fourth-order valence-corrected chi connectivity index (χ4v) is 1.89. The van der Waals surface area contributed by atoms with Crippen molar-refractivity contribution in [2.24, 2.45) is 5.73 Å². The van der Waals surface area contributed by atoms with Crippen LogP contribution < -0.4 is 10.5 Å². The Morgan fingerprint density at radius 2 is 1.94 bits per heavy atom. The highest BCUT2D eigenvalue weighted by Crippen LogP contribution is 2.25. The lowest BCUT2D eigenvalue weighted by Gasteiger charge is -2.22. The van der Waals surface area contributed by atoms with E-state index in [1.165, 1.54) is 0 Å². The van der Waals surface area contributed by atoms with Gasteiger partial charge in [-0.3, -0.25) is 4.98 Å². The SMILES string of the molecule is CC(N)C(Oc1cncc(Cl)c1)c1ccccc1. The molecule has 2 N–H and O–H groups in total. The van der Waals surface area contributed by atoms with E-state index >= 15 is 0 Å². The van der Waals surface area contributed by atoms with E-state index < -0.39 is 0 Å². The van der Waals surface area contributed by atoms with Gasteiger partial charge in [-0.1, -0.05) is 41.9 Å². The van der Waals surface area contributed by atoms with E-state index in [1.807, 2.05) is 37.3 Å². The minimum atomic E-state index is -0.216. The third-order valence-electron chi connectivity index (χ3n) is 2.55. The minimum Gasteiger partial charge on any atom is -0.482 e. The summed E-state index contributed by atoms with van der Waals surface area (Å²) < 4.78 is 5.87. The second-order valence-electron chi connectivity index (χ2n) is 4.15. The summed E-state index contributed by atoms with van der Waals surface area (Å²) in [6, 6.07) is 11.5. The smallest absolute Gasteiger partial charge is 0.140 e. The van der Waals surface area contributed by atoms with Gasteiger partial charge < -0.3 is 10.5 Å². The molecule has 0 aliphatic heterocycles. The van der Waals surface area contributed by atoms with Crippen LogP contribution in [0.5, 0.6) is 5.75 Å². The topological polar surface area (TPSA) is 48.1 Å². The van der Waals surface area contributed by atoms with Crippen LogP contribution in [0.3, 0.4) is 0 Å². The molecular weight excluding hydrogens is 248 g/mol. The molecule has 0 fully saturated rings. The molecule has 2 unspecified atom stereocenters. The van der Waals surface area contributed by atoms with E-state index in [4.69, 9.17) is 22.1 Å². The first-order valence-electron chi connectivity index (χ1n) is 5.74. The maximum Gasteiger partial charge on any atom is 0.140 e. The van der Waals surface area contributed by atoms with Gasteiger partial charge in [0, 0.05) is 18.3 Å². The molecule has 0 amide bonds. The van der Waals surface area contributed by atoms with Gasteiger partial charge in [-0.05, 0) is 12.5 Å². The first-order valence-corrected chi connectivity index (χ1v) is 6.12. The van der Waals surface area contributed by atoms with Crippen molar-refractivity contribution in [1.82, 2.24) is 4.98 Å². The van der Waals surface area contributed by atoms with Crippen molar-refractivity contribution in [3.8, 4) is 5.75 Å². The summed E-state index contributed by atoms with van der Waals surface area (Å²) >= 11 is 5.88. The van der Waals surface area contributed by atoms with Crippen LogP contribution in [0.2, 0.25) is 5.02 Å². The molecule has 4 heteroatoms. The summed E-state index contributed by atoms with van der Waals surface area (Å²) in [6.07, 6.45) is 2.98. The van der Waals surface area contributed by atoms with Crippen molar-refractivity contribution >= 4 is 11.6 Å². The highest BCUT2D eigenvalue weighted by molar-refractivity contribution is 6.30. The fraction of sp³-hybridized carbons (Fsp3) is 0.214. The molecule has 1 aromatic carbocycles. The Morgan fingerprint density at radius 3 is 2.56 bits per heavy atom. The van der Waals surface area contributed by atoms with E-state index in [1.54, 1.807) is 18.5 Å². The van der Waals surface area contributed by atoms with Crippen molar-refractivity contribution in [3.05, 3.63) is 59.4 Å². The molecule has 0 saturated heterocycles. The van der Waals surface area contributed by atoms with Gasteiger partial charge in [0.1, 0.15) is 11.9 Å². The zero-order valence-electron chi connectivity index (χ0n) is 10.1. The van der Waals surface area contributed by atoms with Gasteiger partial charge >= 0.3 is 0 Å². The fourth-order valence-electron chi connectivity index (χ4n) is 1.73. The molecule has 94 valence electrons. The number of hydrogen-bond acceptors (Lipinski definition) is 3. The predicted octanol–water partition coefficient (Wildman–Crippen LogP) is 3.20. The number of ether oxygens (including phenoxy) is 1. The van der Waals surface area contributed by atoms with Gasteiger partial charge in [-0.25, -0.2) is 0 Å². The normalized spacial score (nSPS) is 13.9. The number of pyridine rings is 1. The number of halogens is 1. The molecule has 0 aliphatic rings. The summed E-state index contributed by atoms with van der Waals surface area (Å²) in [4.78, 5) is 3.99. The monoisotopic (exact) mass is 262 g/mol. The molecule has 3 nitrogen and oxygen atoms in total. The number of benzene rings is 1. The summed E-state index contributed by atoms with van der Waals surface area (Å²) in [7, 11) is 0. The summed E-state index contributed by atoms with van der Waals surface area (Å²) in [6.45, 7) is 1.91. The van der Waals surface area contributed by atoms with E-state index in [2.05, 4.69) is 4.98 Å². The highest BCUT2D eigenvalue weighted by atomic mass is 35.5.